The van der Waals surface area contributed by atoms with E-state index in [4.69, 9.17) is 5.11 Å². The van der Waals surface area contributed by atoms with Crippen molar-refractivity contribution < 1.29 is 9.90 Å². The summed E-state index contributed by atoms with van der Waals surface area (Å²) in [5.41, 5.74) is 0. The zero-order chi connectivity index (χ0) is 8.10. The van der Waals surface area contributed by atoms with Gasteiger partial charge in [0.05, 0.1) is 12.5 Å². The minimum absolute atomic E-state index is 0.00805. The van der Waals surface area contributed by atoms with E-state index in [1.54, 1.807) is 0 Å². The number of hydrogen-bond donors (Lipinski definition) is 2. The molecule has 1 amide bonds. The van der Waals surface area contributed by atoms with E-state index in [-0.39, 0.29) is 18.4 Å². The van der Waals surface area contributed by atoms with Gasteiger partial charge in [-0.3, -0.25) is 4.79 Å². The molecule has 60 valence electrons. The molecule has 0 heterocycles. The number of allylic oxidation sites excluding steroid dienone is 2. The number of hydrogen-bond acceptors (Lipinski definition) is 2. The van der Waals surface area contributed by atoms with E-state index in [9.17, 15) is 4.79 Å². The van der Waals surface area contributed by atoms with Gasteiger partial charge in [-0.2, -0.15) is 0 Å². The maximum Gasteiger partial charge on any atom is 0.230 e. The maximum absolute atomic E-state index is 11.1. The van der Waals surface area contributed by atoms with E-state index in [0.29, 0.717) is 6.54 Å². The molecule has 0 saturated carbocycles. The third kappa shape index (κ3) is 2.20. The lowest BCUT2D eigenvalue weighted by Crippen LogP contribution is -2.30. The highest BCUT2D eigenvalue weighted by atomic mass is 16.3. The van der Waals surface area contributed by atoms with E-state index < -0.39 is 0 Å². The molecule has 11 heavy (non-hydrogen) atoms. The van der Waals surface area contributed by atoms with Gasteiger partial charge in [0.25, 0.3) is 0 Å². The molecule has 3 heteroatoms. The fraction of sp³-hybridized carbons (Fsp3) is 0.375. The third-order valence-corrected chi connectivity index (χ3v) is 1.46. The lowest BCUT2D eigenvalue weighted by atomic mass is 10.1. The Morgan fingerprint density at radius 2 is 2.09 bits per heavy atom. The predicted octanol–water partition coefficient (Wildman–Crippen LogP) is -0.163. The third-order valence-electron chi connectivity index (χ3n) is 1.46. The highest BCUT2D eigenvalue weighted by molar-refractivity contribution is 5.83. The summed E-state index contributed by atoms with van der Waals surface area (Å²) < 4.78 is 0. The van der Waals surface area contributed by atoms with Crippen LogP contribution in [0.1, 0.15) is 0 Å². The lowest BCUT2D eigenvalue weighted by molar-refractivity contribution is -0.122. The van der Waals surface area contributed by atoms with Crippen molar-refractivity contribution in [1.82, 2.24) is 5.32 Å². The number of amides is 1. The first-order valence-corrected chi connectivity index (χ1v) is 3.58. The Morgan fingerprint density at radius 1 is 1.45 bits per heavy atom. The first-order valence-electron chi connectivity index (χ1n) is 3.58. The molecule has 0 aliphatic heterocycles. The van der Waals surface area contributed by atoms with Crippen molar-refractivity contribution in [1.29, 1.82) is 0 Å². The number of carbonyl (C=O) groups is 1. The van der Waals surface area contributed by atoms with Gasteiger partial charge in [0.15, 0.2) is 0 Å². The Kier molecular flexibility index (Phi) is 2.86. The molecular formula is C8H11NO2. The topological polar surface area (TPSA) is 49.3 Å². The van der Waals surface area contributed by atoms with Crippen molar-refractivity contribution in [2.45, 2.75) is 0 Å². The first kappa shape index (κ1) is 8.01. The van der Waals surface area contributed by atoms with Crippen LogP contribution in [0.3, 0.4) is 0 Å². The molecule has 0 atom stereocenters. The Hall–Kier alpha value is -1.09. The highest BCUT2D eigenvalue weighted by Crippen LogP contribution is 2.07. The van der Waals surface area contributed by atoms with Gasteiger partial charge >= 0.3 is 0 Å². The monoisotopic (exact) mass is 153 g/mol. The predicted molar refractivity (Wildman–Crippen MR) is 41.9 cm³/mol. The standard InChI is InChI=1S/C8H11NO2/c10-6-5-9-8(11)7-3-1-2-4-7/h1-4,7,10H,5-6H2,(H,9,11). The molecule has 0 aromatic heterocycles. The molecule has 0 aromatic carbocycles. The quantitative estimate of drug-likeness (QED) is 0.591. The van der Waals surface area contributed by atoms with Crippen LogP contribution in [0, 0.1) is 5.92 Å². The fourth-order valence-electron chi connectivity index (χ4n) is 0.904. The van der Waals surface area contributed by atoms with Crippen molar-refractivity contribution in [3.8, 4) is 0 Å². The van der Waals surface area contributed by atoms with Crippen molar-refractivity contribution in [2.24, 2.45) is 5.92 Å². The van der Waals surface area contributed by atoms with Gasteiger partial charge in [0.2, 0.25) is 5.91 Å². The van der Waals surface area contributed by atoms with Crippen LogP contribution in [0.5, 0.6) is 0 Å². The molecule has 0 fully saturated rings. The van der Waals surface area contributed by atoms with Gasteiger partial charge in [-0.1, -0.05) is 24.3 Å². The molecule has 0 spiro atoms. The highest BCUT2D eigenvalue weighted by Gasteiger charge is 2.12. The zero-order valence-corrected chi connectivity index (χ0v) is 6.16. The molecule has 1 aliphatic carbocycles. The number of nitrogens with one attached hydrogen (secondary N) is 1. The molecule has 3 nitrogen and oxygen atoms in total. The lowest BCUT2D eigenvalue weighted by Gasteiger charge is -2.05. The number of rotatable bonds is 3. The van der Waals surface area contributed by atoms with Gasteiger partial charge in [-0.25, -0.2) is 0 Å². The van der Waals surface area contributed by atoms with E-state index >= 15 is 0 Å². The fourth-order valence-corrected chi connectivity index (χ4v) is 0.904. The molecule has 2 N–H and O–H groups in total. The van der Waals surface area contributed by atoms with Crippen LogP contribution in [0.25, 0.3) is 0 Å². The summed E-state index contributed by atoms with van der Waals surface area (Å²) in [4.78, 5) is 11.1. The van der Waals surface area contributed by atoms with Gasteiger partial charge in [0.1, 0.15) is 0 Å². The Morgan fingerprint density at radius 3 is 2.64 bits per heavy atom. The van der Waals surface area contributed by atoms with Crippen LogP contribution in [0.2, 0.25) is 0 Å². The minimum Gasteiger partial charge on any atom is -0.395 e. The van der Waals surface area contributed by atoms with Gasteiger partial charge < -0.3 is 10.4 Å². The molecule has 0 unspecified atom stereocenters. The summed E-state index contributed by atoms with van der Waals surface area (Å²) in [5.74, 6) is -0.189. The average Bonchev–Trinajstić information content (AvgIpc) is 2.52. The van der Waals surface area contributed by atoms with Gasteiger partial charge in [-0.15, -0.1) is 0 Å². The Bertz CT molecular complexity index is 184. The number of aliphatic hydroxyl groups excluding tert-OH is 1. The Balaban J connectivity index is 2.30. The van der Waals surface area contributed by atoms with E-state index in [2.05, 4.69) is 5.32 Å². The second-order valence-corrected chi connectivity index (χ2v) is 2.31. The molecular weight excluding hydrogens is 142 g/mol. The van der Waals surface area contributed by atoms with Crippen LogP contribution in [-0.2, 0) is 4.79 Å². The second kappa shape index (κ2) is 3.93. The summed E-state index contributed by atoms with van der Waals surface area (Å²) in [7, 11) is 0. The summed E-state index contributed by atoms with van der Waals surface area (Å²) in [6.45, 7) is 0.322. The van der Waals surface area contributed by atoms with Crippen molar-refractivity contribution in [3.63, 3.8) is 0 Å². The number of aliphatic hydroxyl groups is 1. The van der Waals surface area contributed by atoms with Crippen LogP contribution in [-0.4, -0.2) is 24.2 Å². The zero-order valence-electron chi connectivity index (χ0n) is 6.16. The number of carbonyl (C=O) groups excluding carboxylic acids is 1. The van der Waals surface area contributed by atoms with E-state index in [1.807, 2.05) is 24.3 Å². The smallest absolute Gasteiger partial charge is 0.230 e. The molecule has 0 radical (unpaired) electrons. The maximum atomic E-state index is 11.1. The Labute approximate surface area is 65.4 Å². The van der Waals surface area contributed by atoms with Crippen LogP contribution < -0.4 is 5.32 Å². The molecule has 0 bridgehead atoms. The molecule has 0 saturated heterocycles. The normalized spacial score (nSPS) is 15.7. The SMILES string of the molecule is O=C(NCCO)C1C=CC=C1. The van der Waals surface area contributed by atoms with E-state index in [1.165, 1.54) is 0 Å². The second-order valence-electron chi connectivity index (χ2n) is 2.31. The average molecular weight is 153 g/mol. The van der Waals surface area contributed by atoms with Crippen LogP contribution in [0.15, 0.2) is 24.3 Å². The van der Waals surface area contributed by atoms with Gasteiger partial charge in [0, 0.05) is 6.54 Å². The molecule has 0 aromatic rings. The summed E-state index contributed by atoms with van der Waals surface area (Å²) in [6.07, 6.45) is 7.30. The molecule has 1 rings (SSSR count). The first-order chi connectivity index (χ1) is 5.34. The van der Waals surface area contributed by atoms with Crippen molar-refractivity contribution in [3.05, 3.63) is 24.3 Å². The largest absolute Gasteiger partial charge is 0.395 e. The minimum atomic E-state index is -0.137. The van der Waals surface area contributed by atoms with Crippen LogP contribution >= 0.6 is 0 Å². The molecule has 1 aliphatic rings. The summed E-state index contributed by atoms with van der Waals surface area (Å²) in [5, 5.41) is 11.0. The summed E-state index contributed by atoms with van der Waals surface area (Å²) >= 11 is 0. The van der Waals surface area contributed by atoms with E-state index in [0.717, 1.165) is 0 Å². The van der Waals surface area contributed by atoms with Crippen LogP contribution in [0.4, 0.5) is 0 Å². The van der Waals surface area contributed by atoms with Crippen molar-refractivity contribution >= 4 is 5.91 Å². The summed E-state index contributed by atoms with van der Waals surface area (Å²) in [6, 6.07) is 0. The van der Waals surface area contributed by atoms with Gasteiger partial charge in [-0.05, 0) is 0 Å². The van der Waals surface area contributed by atoms with Crippen molar-refractivity contribution in [2.75, 3.05) is 13.2 Å².